The number of para-hydroxylation sites is 1. The second-order valence-corrected chi connectivity index (χ2v) is 6.80. The summed E-state index contributed by atoms with van der Waals surface area (Å²) < 4.78 is 5.34. The molecule has 0 aromatic heterocycles. The van der Waals surface area contributed by atoms with Gasteiger partial charge in [-0.15, -0.1) is 0 Å². The van der Waals surface area contributed by atoms with Gasteiger partial charge >= 0.3 is 5.97 Å². The minimum atomic E-state index is -0.351. The van der Waals surface area contributed by atoms with Crippen LogP contribution in [0.2, 0.25) is 0 Å². The van der Waals surface area contributed by atoms with Crippen LogP contribution < -0.4 is 4.90 Å². The van der Waals surface area contributed by atoms with E-state index in [1.54, 1.807) is 0 Å². The van der Waals surface area contributed by atoms with E-state index in [0.717, 1.165) is 31.4 Å². The van der Waals surface area contributed by atoms with Gasteiger partial charge in [0.05, 0.1) is 24.5 Å². The number of fused-ring (bicyclic) bond motifs is 1. The number of hydrogen-bond donors (Lipinski definition) is 0. The topological polar surface area (TPSA) is 70.4 Å². The Kier molecular flexibility index (Phi) is 5.70. The zero-order chi connectivity index (χ0) is 17.6. The van der Waals surface area contributed by atoms with Gasteiger partial charge in [0, 0.05) is 18.7 Å². The highest BCUT2D eigenvalue weighted by Crippen LogP contribution is 2.36. The first-order chi connectivity index (χ1) is 12.2. The summed E-state index contributed by atoms with van der Waals surface area (Å²) in [4.78, 5) is 27.4. The first-order valence-corrected chi connectivity index (χ1v) is 9.15. The molecular formula is C20H24N2O3. The smallest absolute Gasteiger partial charge is 0.309 e. The third-order valence-electron chi connectivity index (χ3n) is 5.22. The Labute approximate surface area is 148 Å². The number of rotatable bonds is 5. The highest BCUT2D eigenvalue weighted by molar-refractivity contribution is 5.99. The highest BCUT2D eigenvalue weighted by Gasteiger charge is 2.40. The maximum atomic E-state index is 13.1. The normalized spacial score (nSPS) is 22.1. The Morgan fingerprint density at radius 2 is 1.96 bits per heavy atom. The molecular weight excluding hydrogens is 316 g/mol. The lowest BCUT2D eigenvalue weighted by Gasteiger charge is -2.32. The zero-order valence-electron chi connectivity index (χ0n) is 14.4. The summed E-state index contributed by atoms with van der Waals surface area (Å²) in [6.45, 7) is 0.953. The van der Waals surface area contributed by atoms with Crippen LogP contribution >= 0.6 is 0 Å². The lowest BCUT2D eigenvalue weighted by atomic mass is 9.78. The minimum Gasteiger partial charge on any atom is -0.465 e. The molecule has 25 heavy (non-hydrogen) atoms. The summed E-state index contributed by atoms with van der Waals surface area (Å²) in [5.74, 6) is -0.855. The molecule has 1 aliphatic carbocycles. The van der Waals surface area contributed by atoms with Crippen LogP contribution in [-0.4, -0.2) is 25.0 Å². The van der Waals surface area contributed by atoms with E-state index >= 15 is 0 Å². The molecule has 2 unspecified atom stereocenters. The Morgan fingerprint density at radius 3 is 2.76 bits per heavy atom. The van der Waals surface area contributed by atoms with Gasteiger partial charge in [0.25, 0.3) is 0 Å². The molecule has 1 saturated carbocycles. The molecule has 5 nitrogen and oxygen atoms in total. The third kappa shape index (κ3) is 3.84. The van der Waals surface area contributed by atoms with Crippen molar-refractivity contribution >= 4 is 17.6 Å². The van der Waals surface area contributed by atoms with Gasteiger partial charge in [0.2, 0.25) is 5.91 Å². The van der Waals surface area contributed by atoms with Crippen molar-refractivity contribution in [3.63, 3.8) is 0 Å². The fourth-order valence-electron chi connectivity index (χ4n) is 3.91. The number of hydrogen-bond acceptors (Lipinski definition) is 4. The van der Waals surface area contributed by atoms with Crippen LogP contribution in [0.15, 0.2) is 24.3 Å². The fraction of sp³-hybridized carbons (Fsp3) is 0.550. The van der Waals surface area contributed by atoms with Crippen LogP contribution in [0.4, 0.5) is 5.69 Å². The molecule has 1 fully saturated rings. The lowest BCUT2D eigenvalue weighted by molar-refractivity contribution is -0.154. The van der Waals surface area contributed by atoms with Gasteiger partial charge in [-0.25, -0.2) is 0 Å². The molecule has 132 valence electrons. The van der Waals surface area contributed by atoms with Gasteiger partial charge in [0.15, 0.2) is 0 Å². The molecule has 0 bridgehead atoms. The number of ether oxygens (including phenoxy) is 1. The molecule has 2 aliphatic rings. The lowest BCUT2D eigenvalue weighted by Crippen LogP contribution is -2.42. The van der Waals surface area contributed by atoms with Crippen LogP contribution in [0.5, 0.6) is 0 Å². The number of nitrogens with zero attached hydrogens (tertiary/aromatic N) is 2. The van der Waals surface area contributed by atoms with Crippen molar-refractivity contribution in [1.82, 2.24) is 0 Å². The van der Waals surface area contributed by atoms with E-state index in [2.05, 4.69) is 6.07 Å². The van der Waals surface area contributed by atoms with Gasteiger partial charge in [-0.05, 0) is 37.3 Å². The maximum absolute atomic E-state index is 13.1. The summed E-state index contributed by atoms with van der Waals surface area (Å²) >= 11 is 0. The molecule has 0 N–H and O–H groups in total. The number of carbonyl (C=O) groups excluding carboxylic acids is 2. The number of unbranched alkanes of at least 4 members (excludes halogenated alkanes) is 1. The van der Waals surface area contributed by atoms with Crippen molar-refractivity contribution in [2.24, 2.45) is 11.8 Å². The number of anilines is 1. The van der Waals surface area contributed by atoms with Crippen LogP contribution in [0.25, 0.3) is 0 Å². The largest absolute Gasteiger partial charge is 0.465 e. The second kappa shape index (κ2) is 8.15. The molecule has 0 radical (unpaired) electrons. The van der Waals surface area contributed by atoms with Crippen molar-refractivity contribution in [2.45, 2.75) is 44.9 Å². The molecule has 1 heterocycles. The Morgan fingerprint density at radius 1 is 1.20 bits per heavy atom. The summed E-state index contributed by atoms with van der Waals surface area (Å²) in [6, 6.07) is 10.0. The first kappa shape index (κ1) is 17.5. The van der Waals surface area contributed by atoms with Gasteiger partial charge < -0.3 is 9.64 Å². The van der Waals surface area contributed by atoms with Crippen molar-refractivity contribution in [3.8, 4) is 6.07 Å². The number of esters is 1. The van der Waals surface area contributed by atoms with E-state index in [9.17, 15) is 9.59 Å². The van der Waals surface area contributed by atoms with Crippen LogP contribution in [0.3, 0.4) is 0 Å². The molecule has 2 atom stereocenters. The number of benzene rings is 1. The standard InChI is InChI=1S/C20H24N2O3/c21-12-5-6-14-25-20(24)17-9-3-2-8-16(17)19(23)22-13-11-15-7-1-4-10-18(15)22/h1,4,7,10,16-17H,2-3,5-6,8-9,11,13-14H2. The monoisotopic (exact) mass is 340 g/mol. The van der Waals surface area contributed by atoms with Crippen LogP contribution in [0.1, 0.15) is 44.1 Å². The average molecular weight is 340 g/mol. The van der Waals surface area contributed by atoms with Gasteiger partial charge in [-0.2, -0.15) is 5.26 Å². The van der Waals surface area contributed by atoms with Gasteiger partial charge in [-0.3, -0.25) is 9.59 Å². The van der Waals surface area contributed by atoms with E-state index in [4.69, 9.17) is 10.00 Å². The highest BCUT2D eigenvalue weighted by atomic mass is 16.5. The van der Waals surface area contributed by atoms with Crippen molar-refractivity contribution in [1.29, 1.82) is 5.26 Å². The summed E-state index contributed by atoms with van der Waals surface area (Å²) in [7, 11) is 0. The third-order valence-corrected chi connectivity index (χ3v) is 5.22. The fourth-order valence-corrected chi connectivity index (χ4v) is 3.91. The first-order valence-electron chi connectivity index (χ1n) is 9.15. The molecule has 1 aromatic carbocycles. The van der Waals surface area contributed by atoms with Crippen molar-refractivity contribution in [3.05, 3.63) is 29.8 Å². The predicted octanol–water partition coefficient (Wildman–Crippen LogP) is 3.23. The van der Waals surface area contributed by atoms with E-state index in [0.29, 0.717) is 25.8 Å². The van der Waals surface area contributed by atoms with Crippen LogP contribution in [0, 0.1) is 23.2 Å². The SMILES string of the molecule is N#CCCCOC(=O)C1CCCCC1C(=O)N1CCc2ccccc21. The Balaban J connectivity index is 1.68. The molecule has 0 saturated heterocycles. The Bertz CT molecular complexity index is 680. The molecule has 5 heteroatoms. The van der Waals surface area contributed by atoms with Crippen molar-refractivity contribution in [2.75, 3.05) is 18.1 Å². The molecule has 3 rings (SSSR count). The summed E-state index contributed by atoms with van der Waals surface area (Å²) in [6.07, 6.45) is 5.19. The van der Waals surface area contributed by atoms with E-state index in [1.165, 1.54) is 5.56 Å². The van der Waals surface area contributed by atoms with Crippen molar-refractivity contribution < 1.29 is 14.3 Å². The van der Waals surface area contributed by atoms with E-state index in [1.807, 2.05) is 29.2 Å². The summed E-state index contributed by atoms with van der Waals surface area (Å²) in [5.41, 5.74) is 2.18. The number of nitriles is 1. The minimum absolute atomic E-state index is 0.0589. The Hall–Kier alpha value is -2.35. The van der Waals surface area contributed by atoms with Crippen LogP contribution in [-0.2, 0) is 20.7 Å². The molecule has 1 aliphatic heterocycles. The van der Waals surface area contributed by atoms with Gasteiger partial charge in [-0.1, -0.05) is 31.0 Å². The average Bonchev–Trinajstić information content (AvgIpc) is 3.08. The van der Waals surface area contributed by atoms with Gasteiger partial charge in [0.1, 0.15) is 0 Å². The number of carbonyl (C=O) groups is 2. The molecule has 0 spiro atoms. The second-order valence-electron chi connectivity index (χ2n) is 6.80. The summed E-state index contributed by atoms with van der Waals surface area (Å²) in [5, 5.41) is 8.56. The maximum Gasteiger partial charge on any atom is 0.309 e. The van der Waals surface area contributed by atoms with E-state index < -0.39 is 0 Å². The predicted molar refractivity (Wildman–Crippen MR) is 93.8 cm³/mol. The number of amides is 1. The zero-order valence-corrected chi connectivity index (χ0v) is 14.4. The quantitative estimate of drug-likeness (QED) is 0.609. The molecule has 1 amide bonds. The van der Waals surface area contributed by atoms with E-state index in [-0.39, 0.29) is 30.3 Å². The molecule has 1 aromatic rings.